The molecular formula is C22H25Cl2FN2O3. The van der Waals surface area contributed by atoms with Crippen molar-refractivity contribution in [2.75, 3.05) is 34.3 Å². The van der Waals surface area contributed by atoms with Crippen molar-refractivity contribution in [3.05, 3.63) is 64.4 Å². The van der Waals surface area contributed by atoms with Crippen LogP contribution < -0.4 is 9.47 Å². The van der Waals surface area contributed by atoms with Crippen LogP contribution in [-0.4, -0.2) is 50.2 Å². The minimum absolute atomic E-state index is 0. The maximum Gasteiger partial charge on any atom is 0.414 e. The van der Waals surface area contributed by atoms with Gasteiger partial charge in [-0.25, -0.2) is 9.18 Å². The Bertz CT molecular complexity index is 921. The van der Waals surface area contributed by atoms with Crippen molar-refractivity contribution >= 4 is 36.2 Å². The standard InChI is InChI=1S/C22H24ClFN2O3.ClH/c1-25(2)22(27)29-17-7-8-18-15(13-17)5-4-11-26(3)20(18)10-12-28-21-9-6-16(24)14-19(21)23;/h4-9,13-14,20H,10-12H2,1-3H3;1H. The third kappa shape index (κ3) is 5.88. The van der Waals surface area contributed by atoms with Gasteiger partial charge in [0.15, 0.2) is 0 Å². The molecule has 2 aromatic rings. The van der Waals surface area contributed by atoms with Gasteiger partial charge in [-0.05, 0) is 48.5 Å². The van der Waals surface area contributed by atoms with Crippen LogP contribution in [0.2, 0.25) is 5.02 Å². The van der Waals surface area contributed by atoms with Crippen LogP contribution in [0.15, 0.2) is 42.5 Å². The van der Waals surface area contributed by atoms with Crippen LogP contribution in [0, 0.1) is 5.82 Å². The number of hydrogen-bond acceptors (Lipinski definition) is 4. The Morgan fingerprint density at radius 3 is 2.73 bits per heavy atom. The summed E-state index contributed by atoms with van der Waals surface area (Å²) in [5, 5.41) is 0.258. The average Bonchev–Trinajstić information content (AvgIpc) is 2.82. The normalized spacial score (nSPS) is 15.6. The van der Waals surface area contributed by atoms with Crippen molar-refractivity contribution < 1.29 is 18.7 Å². The second kappa shape index (κ2) is 10.7. The molecule has 0 saturated carbocycles. The van der Waals surface area contributed by atoms with E-state index in [0.717, 1.165) is 24.1 Å². The predicted octanol–water partition coefficient (Wildman–Crippen LogP) is 5.43. The quantitative estimate of drug-likeness (QED) is 0.603. The first-order chi connectivity index (χ1) is 13.8. The molecule has 8 heteroatoms. The molecule has 30 heavy (non-hydrogen) atoms. The first kappa shape index (κ1) is 24.0. The smallest absolute Gasteiger partial charge is 0.414 e. The number of rotatable bonds is 5. The van der Waals surface area contributed by atoms with Gasteiger partial charge in [0.2, 0.25) is 0 Å². The van der Waals surface area contributed by atoms with Gasteiger partial charge in [0.1, 0.15) is 17.3 Å². The molecule has 2 aromatic carbocycles. The molecule has 1 aliphatic heterocycles. The van der Waals surface area contributed by atoms with Gasteiger partial charge in [-0.2, -0.15) is 0 Å². The molecule has 0 radical (unpaired) electrons. The van der Waals surface area contributed by atoms with E-state index in [1.807, 2.05) is 18.2 Å². The summed E-state index contributed by atoms with van der Waals surface area (Å²) >= 11 is 6.04. The van der Waals surface area contributed by atoms with E-state index in [2.05, 4.69) is 18.0 Å². The third-order valence-corrected chi connectivity index (χ3v) is 5.05. The maximum atomic E-state index is 13.2. The van der Waals surface area contributed by atoms with E-state index in [0.29, 0.717) is 18.1 Å². The zero-order chi connectivity index (χ0) is 21.0. The van der Waals surface area contributed by atoms with Crippen LogP contribution >= 0.6 is 24.0 Å². The highest BCUT2D eigenvalue weighted by Gasteiger charge is 2.22. The predicted molar refractivity (Wildman–Crippen MR) is 119 cm³/mol. The van der Waals surface area contributed by atoms with E-state index < -0.39 is 11.9 Å². The second-order valence-electron chi connectivity index (χ2n) is 7.12. The summed E-state index contributed by atoms with van der Waals surface area (Å²) in [6, 6.07) is 9.87. The van der Waals surface area contributed by atoms with Crippen molar-refractivity contribution in [3.63, 3.8) is 0 Å². The van der Waals surface area contributed by atoms with Crippen molar-refractivity contribution in [2.24, 2.45) is 0 Å². The Labute approximate surface area is 187 Å². The summed E-state index contributed by atoms with van der Waals surface area (Å²) in [4.78, 5) is 15.4. The lowest BCUT2D eigenvalue weighted by atomic mass is 9.97. The largest absolute Gasteiger partial charge is 0.492 e. The number of hydrogen-bond donors (Lipinski definition) is 0. The van der Waals surface area contributed by atoms with Crippen molar-refractivity contribution in [3.8, 4) is 11.5 Å². The number of ether oxygens (including phenoxy) is 2. The Balaban J connectivity index is 0.00000320. The molecular weight excluding hydrogens is 430 g/mol. The molecule has 0 N–H and O–H groups in total. The van der Waals surface area contributed by atoms with Gasteiger partial charge >= 0.3 is 6.09 Å². The van der Waals surface area contributed by atoms with Gasteiger partial charge in [-0.3, -0.25) is 4.90 Å². The van der Waals surface area contributed by atoms with Gasteiger partial charge in [-0.1, -0.05) is 29.8 Å². The van der Waals surface area contributed by atoms with Crippen LogP contribution in [0.5, 0.6) is 11.5 Å². The number of carbonyl (C=O) groups excluding carboxylic acids is 1. The molecule has 1 aliphatic rings. The summed E-state index contributed by atoms with van der Waals surface area (Å²) < 4.78 is 24.3. The number of likely N-dealkylation sites (N-methyl/N-ethyl adjacent to an activating group) is 1. The molecule has 1 heterocycles. The zero-order valence-electron chi connectivity index (χ0n) is 17.1. The van der Waals surface area contributed by atoms with Crippen molar-refractivity contribution in [1.82, 2.24) is 9.80 Å². The monoisotopic (exact) mass is 454 g/mol. The average molecular weight is 455 g/mol. The van der Waals surface area contributed by atoms with Gasteiger partial charge in [0.05, 0.1) is 11.6 Å². The summed E-state index contributed by atoms with van der Waals surface area (Å²) in [5.74, 6) is 0.579. The molecule has 0 spiro atoms. The molecule has 162 valence electrons. The lowest BCUT2D eigenvalue weighted by Gasteiger charge is -2.27. The second-order valence-corrected chi connectivity index (χ2v) is 7.53. The summed E-state index contributed by atoms with van der Waals surface area (Å²) in [6.45, 7) is 1.21. The SMILES string of the molecule is CN(C)C(=O)Oc1ccc2c(c1)C=CCN(C)C2CCOc1ccc(F)cc1Cl.Cl. The fourth-order valence-electron chi connectivity index (χ4n) is 3.22. The van der Waals surface area contributed by atoms with Gasteiger partial charge < -0.3 is 14.4 Å². The highest BCUT2D eigenvalue weighted by atomic mass is 35.5. The van der Waals surface area contributed by atoms with Crippen LogP contribution in [0.25, 0.3) is 6.08 Å². The first-order valence-electron chi connectivity index (χ1n) is 9.33. The van der Waals surface area contributed by atoms with E-state index >= 15 is 0 Å². The van der Waals surface area contributed by atoms with Gasteiger partial charge in [0.25, 0.3) is 0 Å². The molecule has 0 saturated heterocycles. The molecule has 0 aromatic heterocycles. The van der Waals surface area contributed by atoms with Gasteiger partial charge in [0, 0.05) is 33.1 Å². The fraction of sp³-hybridized carbons (Fsp3) is 0.318. The molecule has 0 fully saturated rings. The number of nitrogens with zero attached hydrogens (tertiary/aromatic N) is 2. The highest BCUT2D eigenvalue weighted by molar-refractivity contribution is 6.32. The van der Waals surface area contributed by atoms with Crippen molar-refractivity contribution in [1.29, 1.82) is 0 Å². The summed E-state index contributed by atoms with van der Waals surface area (Å²) in [6.07, 6.45) is 4.42. The minimum Gasteiger partial charge on any atom is -0.492 e. The topological polar surface area (TPSA) is 42.0 Å². The summed E-state index contributed by atoms with van der Waals surface area (Å²) in [7, 11) is 5.34. The number of amides is 1. The number of carbonyl (C=O) groups is 1. The van der Waals surface area contributed by atoms with Crippen LogP contribution in [0.1, 0.15) is 23.6 Å². The zero-order valence-corrected chi connectivity index (χ0v) is 18.7. The fourth-order valence-corrected chi connectivity index (χ4v) is 3.44. The molecule has 1 atom stereocenters. The van der Waals surface area contributed by atoms with Crippen LogP contribution in [0.4, 0.5) is 9.18 Å². The summed E-state index contributed by atoms with van der Waals surface area (Å²) in [5.41, 5.74) is 2.13. The molecule has 1 unspecified atom stereocenters. The van der Waals surface area contributed by atoms with E-state index in [4.69, 9.17) is 21.1 Å². The molecule has 3 rings (SSSR count). The molecule has 0 bridgehead atoms. The first-order valence-corrected chi connectivity index (χ1v) is 9.70. The Morgan fingerprint density at radius 1 is 1.27 bits per heavy atom. The van der Waals surface area contributed by atoms with Crippen LogP contribution in [-0.2, 0) is 0 Å². The third-order valence-electron chi connectivity index (χ3n) is 4.75. The van der Waals surface area contributed by atoms with E-state index in [-0.39, 0.29) is 23.5 Å². The van der Waals surface area contributed by atoms with Crippen LogP contribution in [0.3, 0.4) is 0 Å². The minimum atomic E-state index is -0.416. The Hall–Kier alpha value is -2.28. The van der Waals surface area contributed by atoms with E-state index in [1.165, 1.54) is 23.1 Å². The Morgan fingerprint density at radius 2 is 2.03 bits per heavy atom. The van der Waals surface area contributed by atoms with E-state index in [9.17, 15) is 9.18 Å². The number of halogens is 3. The molecule has 1 amide bonds. The van der Waals surface area contributed by atoms with Crippen molar-refractivity contribution in [2.45, 2.75) is 12.5 Å². The van der Waals surface area contributed by atoms with Gasteiger partial charge in [-0.15, -0.1) is 12.4 Å². The number of fused-ring (bicyclic) bond motifs is 1. The molecule has 5 nitrogen and oxygen atoms in total. The molecule has 0 aliphatic carbocycles. The maximum absolute atomic E-state index is 13.2. The van der Waals surface area contributed by atoms with E-state index in [1.54, 1.807) is 20.2 Å². The highest BCUT2D eigenvalue weighted by Crippen LogP contribution is 2.33. The lowest BCUT2D eigenvalue weighted by molar-refractivity contribution is 0.172. The Kier molecular flexibility index (Phi) is 8.53. The number of benzene rings is 2. The lowest BCUT2D eigenvalue weighted by Crippen LogP contribution is -2.26.